The summed E-state index contributed by atoms with van der Waals surface area (Å²) in [6, 6.07) is 4.50. The molecule has 0 unspecified atom stereocenters. The highest BCUT2D eigenvalue weighted by Gasteiger charge is 2.34. The van der Waals surface area contributed by atoms with Crippen LogP contribution in [0.25, 0.3) is 11.4 Å². The molecular formula is C19H20F3N5O4S. The number of benzene rings is 1. The first kappa shape index (κ1) is 22.4. The molecule has 0 spiro atoms. The zero-order valence-corrected chi connectivity index (χ0v) is 18.1. The fourth-order valence-corrected chi connectivity index (χ4v) is 5.25. The van der Waals surface area contributed by atoms with Crippen LogP contribution < -0.4 is 0 Å². The van der Waals surface area contributed by atoms with Crippen molar-refractivity contribution in [3.8, 4) is 11.4 Å². The van der Waals surface area contributed by atoms with Crippen LogP contribution >= 0.6 is 0 Å². The fourth-order valence-electron chi connectivity index (χ4n) is 3.54. The molecule has 3 heterocycles. The van der Waals surface area contributed by atoms with Gasteiger partial charge in [0.25, 0.3) is 0 Å². The van der Waals surface area contributed by atoms with Crippen molar-refractivity contribution in [1.29, 1.82) is 0 Å². The molecular weight excluding hydrogens is 451 g/mol. The maximum absolute atomic E-state index is 12.9. The molecule has 13 heteroatoms. The van der Waals surface area contributed by atoms with Crippen LogP contribution in [0.5, 0.6) is 0 Å². The summed E-state index contributed by atoms with van der Waals surface area (Å²) in [4.78, 5) is 6.31. The van der Waals surface area contributed by atoms with Gasteiger partial charge in [-0.05, 0) is 26.0 Å². The van der Waals surface area contributed by atoms with Gasteiger partial charge in [-0.15, -0.1) is 0 Å². The number of halogens is 3. The number of aryl methyl sites for hydroxylation is 2. The van der Waals surface area contributed by atoms with Crippen molar-refractivity contribution >= 4 is 10.0 Å². The highest BCUT2D eigenvalue weighted by atomic mass is 32.2. The van der Waals surface area contributed by atoms with Crippen molar-refractivity contribution in [3.63, 3.8) is 0 Å². The Hall–Kier alpha value is -2.77. The molecule has 4 rings (SSSR count). The predicted octanol–water partition coefficient (Wildman–Crippen LogP) is 2.87. The molecule has 0 bridgehead atoms. The molecule has 1 fully saturated rings. The first-order valence-electron chi connectivity index (χ1n) is 9.71. The Morgan fingerprint density at radius 3 is 2.22 bits per heavy atom. The number of rotatable bonds is 5. The first-order chi connectivity index (χ1) is 15.1. The van der Waals surface area contributed by atoms with E-state index < -0.39 is 21.8 Å². The van der Waals surface area contributed by atoms with Gasteiger partial charge in [-0.1, -0.05) is 22.4 Å². The molecule has 9 nitrogen and oxygen atoms in total. The number of piperazine rings is 1. The molecule has 1 aliphatic heterocycles. The van der Waals surface area contributed by atoms with E-state index in [0.717, 1.165) is 12.1 Å². The van der Waals surface area contributed by atoms with E-state index in [1.807, 2.05) is 4.90 Å². The average Bonchev–Trinajstić information content (AvgIpc) is 3.34. The first-order valence-corrected chi connectivity index (χ1v) is 11.2. The summed E-state index contributed by atoms with van der Waals surface area (Å²) in [5.74, 6) is 0.738. The number of nitrogens with zero attached hydrogens (tertiary/aromatic N) is 5. The van der Waals surface area contributed by atoms with Crippen LogP contribution in [0.1, 0.15) is 22.9 Å². The molecule has 1 saturated heterocycles. The zero-order chi connectivity index (χ0) is 23.1. The van der Waals surface area contributed by atoms with E-state index >= 15 is 0 Å². The second-order valence-corrected chi connectivity index (χ2v) is 9.30. The zero-order valence-electron chi connectivity index (χ0n) is 17.3. The summed E-state index contributed by atoms with van der Waals surface area (Å²) in [5.41, 5.74) is -0.0238. The van der Waals surface area contributed by atoms with Crippen LogP contribution in [-0.4, -0.2) is 59.1 Å². The molecule has 2 aromatic heterocycles. The van der Waals surface area contributed by atoms with Crippen molar-refractivity contribution in [2.24, 2.45) is 0 Å². The van der Waals surface area contributed by atoms with Crippen molar-refractivity contribution in [1.82, 2.24) is 24.5 Å². The Morgan fingerprint density at radius 2 is 1.66 bits per heavy atom. The van der Waals surface area contributed by atoms with E-state index in [9.17, 15) is 21.6 Å². The monoisotopic (exact) mass is 471 g/mol. The molecule has 1 aromatic carbocycles. The molecule has 0 N–H and O–H groups in total. The summed E-state index contributed by atoms with van der Waals surface area (Å²) in [6.45, 7) is 4.88. The summed E-state index contributed by atoms with van der Waals surface area (Å²) >= 11 is 0. The lowest BCUT2D eigenvalue weighted by Crippen LogP contribution is -2.48. The quantitative estimate of drug-likeness (QED) is 0.559. The summed E-state index contributed by atoms with van der Waals surface area (Å²) < 4.78 is 75.5. The van der Waals surface area contributed by atoms with Crippen molar-refractivity contribution < 1.29 is 30.6 Å². The molecule has 0 amide bonds. The van der Waals surface area contributed by atoms with Gasteiger partial charge in [0.1, 0.15) is 10.6 Å². The van der Waals surface area contributed by atoms with E-state index in [-0.39, 0.29) is 29.6 Å². The van der Waals surface area contributed by atoms with Gasteiger partial charge < -0.3 is 9.05 Å². The Labute approximate surface area is 181 Å². The van der Waals surface area contributed by atoms with Gasteiger partial charge in [-0.3, -0.25) is 4.90 Å². The third-order valence-electron chi connectivity index (χ3n) is 5.19. The third-order valence-corrected chi connectivity index (χ3v) is 7.34. The van der Waals surface area contributed by atoms with Crippen molar-refractivity contribution in [2.75, 3.05) is 26.2 Å². The van der Waals surface area contributed by atoms with Gasteiger partial charge in [0.15, 0.2) is 5.76 Å². The average molecular weight is 471 g/mol. The Balaban J connectivity index is 1.38. The molecule has 3 aromatic rings. The molecule has 0 radical (unpaired) electrons. The molecule has 0 atom stereocenters. The predicted molar refractivity (Wildman–Crippen MR) is 105 cm³/mol. The minimum absolute atomic E-state index is 0.101. The van der Waals surface area contributed by atoms with Crippen LogP contribution in [0, 0.1) is 13.8 Å². The topological polar surface area (TPSA) is 106 Å². The number of sulfonamides is 1. The number of alkyl halides is 3. The fraction of sp³-hybridized carbons (Fsp3) is 0.421. The lowest BCUT2D eigenvalue weighted by Gasteiger charge is -2.32. The summed E-state index contributed by atoms with van der Waals surface area (Å²) in [6.07, 6.45) is -4.41. The molecule has 1 aliphatic rings. The van der Waals surface area contributed by atoms with E-state index in [1.54, 1.807) is 13.8 Å². The minimum Gasteiger partial charge on any atom is -0.360 e. The van der Waals surface area contributed by atoms with Gasteiger partial charge in [-0.2, -0.15) is 22.5 Å². The van der Waals surface area contributed by atoms with Crippen LogP contribution in [-0.2, 0) is 22.7 Å². The lowest BCUT2D eigenvalue weighted by atomic mass is 10.1. The highest BCUT2D eigenvalue weighted by molar-refractivity contribution is 7.89. The third kappa shape index (κ3) is 4.40. The molecule has 32 heavy (non-hydrogen) atoms. The minimum atomic E-state index is -4.41. The standard InChI is InChI=1S/C19H20F3N5O4S/c1-12-17(13(2)30-24-12)32(28,29)27-9-7-26(8-10-27)11-16-23-18(25-31-16)14-3-5-15(6-4-14)19(20,21)22/h3-6H,7-11H2,1-2H3. The van der Waals surface area contributed by atoms with Gasteiger partial charge in [0.05, 0.1) is 12.1 Å². The van der Waals surface area contributed by atoms with E-state index in [4.69, 9.17) is 9.05 Å². The van der Waals surface area contributed by atoms with Gasteiger partial charge >= 0.3 is 6.18 Å². The SMILES string of the molecule is Cc1noc(C)c1S(=O)(=O)N1CCN(Cc2nc(-c3ccc(C(F)(F)F)cc3)no2)CC1. The maximum Gasteiger partial charge on any atom is 0.416 e. The van der Waals surface area contributed by atoms with Gasteiger partial charge in [0, 0.05) is 31.7 Å². The molecule has 0 aliphatic carbocycles. The van der Waals surface area contributed by atoms with Gasteiger partial charge in [-0.25, -0.2) is 8.42 Å². The maximum atomic E-state index is 12.9. The highest BCUT2D eigenvalue weighted by Crippen LogP contribution is 2.30. The van der Waals surface area contributed by atoms with E-state index in [1.165, 1.54) is 16.4 Å². The molecule has 0 saturated carbocycles. The second-order valence-electron chi connectivity index (χ2n) is 7.42. The van der Waals surface area contributed by atoms with Gasteiger partial charge in [0.2, 0.25) is 21.7 Å². The van der Waals surface area contributed by atoms with Crippen LogP contribution in [0.4, 0.5) is 13.2 Å². The Kier molecular flexibility index (Phi) is 5.81. The number of hydrogen-bond acceptors (Lipinski definition) is 8. The normalized spacial score (nSPS) is 16.5. The Bertz CT molecular complexity index is 1180. The second kappa shape index (κ2) is 8.30. The lowest BCUT2D eigenvalue weighted by molar-refractivity contribution is -0.137. The summed E-state index contributed by atoms with van der Waals surface area (Å²) in [7, 11) is -3.70. The number of aromatic nitrogens is 3. The van der Waals surface area contributed by atoms with Crippen molar-refractivity contribution in [2.45, 2.75) is 31.5 Å². The molecule has 172 valence electrons. The van der Waals surface area contributed by atoms with Crippen molar-refractivity contribution in [3.05, 3.63) is 47.2 Å². The van der Waals surface area contributed by atoms with Crippen LogP contribution in [0.15, 0.2) is 38.2 Å². The smallest absolute Gasteiger partial charge is 0.360 e. The van der Waals surface area contributed by atoms with E-state index in [2.05, 4.69) is 15.3 Å². The van der Waals surface area contributed by atoms with Crippen LogP contribution in [0.2, 0.25) is 0 Å². The largest absolute Gasteiger partial charge is 0.416 e. The van der Waals surface area contributed by atoms with E-state index in [0.29, 0.717) is 36.8 Å². The number of hydrogen-bond donors (Lipinski definition) is 0. The summed E-state index contributed by atoms with van der Waals surface area (Å²) in [5, 5.41) is 7.55. The van der Waals surface area contributed by atoms with Crippen LogP contribution in [0.3, 0.4) is 0 Å². The Morgan fingerprint density at radius 1 is 1.00 bits per heavy atom.